The van der Waals surface area contributed by atoms with Crippen molar-refractivity contribution in [1.29, 1.82) is 0 Å². The van der Waals surface area contributed by atoms with Crippen molar-refractivity contribution in [2.45, 2.75) is 119 Å². The lowest BCUT2D eigenvalue weighted by molar-refractivity contribution is -0.937. The average molecular weight is 638 g/mol. The van der Waals surface area contributed by atoms with E-state index in [9.17, 15) is 9.59 Å². The second-order valence-corrected chi connectivity index (χ2v) is 19.1. The Labute approximate surface area is 280 Å². The normalized spacial score (nSPS) is 50.4. The molecule has 10 atom stereocenters. The van der Waals surface area contributed by atoms with Crippen molar-refractivity contribution in [1.82, 2.24) is 4.90 Å². The quantitative estimate of drug-likeness (QED) is 0.174. The van der Waals surface area contributed by atoms with Crippen molar-refractivity contribution in [3.8, 4) is 0 Å². The largest absolute Gasteiger partial charge is 0.465 e. The first-order valence-corrected chi connectivity index (χ1v) is 19.2. The van der Waals surface area contributed by atoms with Gasteiger partial charge in [-0.05, 0) is 116 Å². The fourth-order valence-electron chi connectivity index (χ4n) is 14.6. The van der Waals surface area contributed by atoms with Crippen LogP contribution < -0.4 is 0 Å². The van der Waals surface area contributed by atoms with Crippen LogP contribution in [0.4, 0.5) is 0 Å². The van der Waals surface area contributed by atoms with Gasteiger partial charge in [0.1, 0.15) is 12.6 Å². The number of hydrogen-bond donors (Lipinski definition) is 0. The Morgan fingerprint density at radius 3 is 2.13 bits per heavy atom. The minimum Gasteiger partial charge on any atom is -0.465 e. The molecule has 5 saturated carbocycles. The molecule has 0 aromatic heterocycles. The van der Waals surface area contributed by atoms with Gasteiger partial charge >= 0.3 is 11.9 Å². The summed E-state index contributed by atoms with van der Waals surface area (Å²) >= 11 is 0. The van der Waals surface area contributed by atoms with E-state index in [2.05, 4.69) is 39.5 Å². The summed E-state index contributed by atoms with van der Waals surface area (Å²) in [5, 5.41) is 0. The molecule has 0 N–H and O–H groups in total. The van der Waals surface area contributed by atoms with Crippen LogP contribution in [-0.2, 0) is 19.1 Å². The van der Waals surface area contributed by atoms with Gasteiger partial charge in [0.15, 0.2) is 0 Å². The smallest absolute Gasteiger partial charge is 0.302 e. The highest BCUT2D eigenvalue weighted by Gasteiger charge is 2.71. The number of carbonyl (C=O) groups excluding carboxylic acids is 2. The standard InChI is InChI=1S/C40H65N2O4/c1-27(25-42-22-19-41(20-23-42)21-24-42)30-11-16-40(26-45-28(2)43)18-17-38(7)31(35(30)40)9-10-33-37(6)14-13-34(46-29(3)44)36(4,5)32(37)12-15-39(33,38)8/h30-35H,1,9-26H2,2-8H3/q+1/t30-,31+,32-,33?,34?,35+,37-,38+,39+,40+/m0/s1. The van der Waals surface area contributed by atoms with Gasteiger partial charge in [0.25, 0.3) is 0 Å². The molecule has 2 unspecified atom stereocenters. The van der Waals surface area contributed by atoms with E-state index in [1.807, 2.05) is 0 Å². The SMILES string of the molecule is C=C(C[N+]12CCN(CC1)CC2)[C@@H]1CC[C@]2(COC(C)=O)CC[C@]3(C)[C@H](CCC4[C@@]5(C)CCC(OC(C)=O)C(C)(C)[C@@H]5CC[C@]43C)[C@@H]12. The molecule has 8 aliphatic rings. The van der Waals surface area contributed by atoms with Crippen LogP contribution in [0.25, 0.3) is 0 Å². The molecule has 8 rings (SSSR count). The molecule has 3 saturated heterocycles. The first kappa shape index (κ1) is 33.1. The molecule has 258 valence electrons. The van der Waals surface area contributed by atoms with E-state index in [-0.39, 0.29) is 45.1 Å². The zero-order chi connectivity index (χ0) is 32.9. The molecule has 5 aliphatic carbocycles. The van der Waals surface area contributed by atoms with Gasteiger partial charge < -0.3 is 14.0 Å². The number of carbonyl (C=O) groups is 2. The van der Waals surface area contributed by atoms with E-state index in [1.165, 1.54) is 101 Å². The van der Waals surface area contributed by atoms with Crippen LogP contribution in [-0.4, -0.2) is 79.8 Å². The Balaban J connectivity index is 1.20. The van der Waals surface area contributed by atoms with Gasteiger partial charge in [0, 0.05) is 44.3 Å². The minimum absolute atomic E-state index is 0.00920. The number of ether oxygens (including phenoxy) is 2. The third-order valence-corrected chi connectivity index (χ3v) is 17.2. The van der Waals surface area contributed by atoms with E-state index >= 15 is 0 Å². The number of quaternary nitrogens is 1. The molecule has 0 spiro atoms. The zero-order valence-electron chi connectivity index (χ0n) is 30.4. The summed E-state index contributed by atoms with van der Waals surface area (Å²) < 4.78 is 13.2. The third-order valence-electron chi connectivity index (χ3n) is 17.2. The number of nitrogens with zero attached hydrogens (tertiary/aromatic N) is 2. The maximum atomic E-state index is 12.2. The summed E-state index contributed by atoms with van der Waals surface area (Å²) in [6, 6.07) is 0. The Morgan fingerprint density at radius 1 is 0.783 bits per heavy atom. The Morgan fingerprint density at radius 2 is 1.48 bits per heavy atom. The predicted molar refractivity (Wildman–Crippen MR) is 182 cm³/mol. The Kier molecular flexibility index (Phi) is 7.96. The number of hydrogen-bond acceptors (Lipinski definition) is 5. The van der Waals surface area contributed by atoms with Crippen LogP contribution in [0.3, 0.4) is 0 Å². The first-order chi connectivity index (χ1) is 21.6. The lowest BCUT2D eigenvalue weighted by Gasteiger charge is -2.73. The molecule has 8 fully saturated rings. The highest BCUT2D eigenvalue weighted by Crippen LogP contribution is 2.77. The number of esters is 2. The van der Waals surface area contributed by atoms with E-state index in [0.29, 0.717) is 36.2 Å². The second kappa shape index (κ2) is 11.1. The van der Waals surface area contributed by atoms with E-state index in [0.717, 1.165) is 19.4 Å². The van der Waals surface area contributed by atoms with Gasteiger partial charge in [-0.2, -0.15) is 0 Å². The summed E-state index contributed by atoms with van der Waals surface area (Å²) in [5.74, 6) is 2.74. The van der Waals surface area contributed by atoms with Gasteiger partial charge in [-0.25, -0.2) is 0 Å². The van der Waals surface area contributed by atoms with Crippen LogP contribution >= 0.6 is 0 Å². The van der Waals surface area contributed by atoms with E-state index in [1.54, 1.807) is 13.8 Å². The summed E-state index contributed by atoms with van der Waals surface area (Å²) in [5.41, 5.74) is 2.40. The van der Waals surface area contributed by atoms with Crippen LogP contribution in [0.5, 0.6) is 0 Å². The molecular formula is C40H65N2O4+. The summed E-state index contributed by atoms with van der Waals surface area (Å²) in [7, 11) is 0. The third kappa shape index (κ3) is 4.75. The molecule has 0 amide bonds. The van der Waals surface area contributed by atoms with Crippen LogP contribution in [0.15, 0.2) is 12.2 Å². The van der Waals surface area contributed by atoms with E-state index < -0.39 is 0 Å². The van der Waals surface area contributed by atoms with Crippen LogP contribution in [0.2, 0.25) is 0 Å². The molecule has 6 nitrogen and oxygen atoms in total. The highest BCUT2D eigenvalue weighted by molar-refractivity contribution is 5.66. The fourth-order valence-corrected chi connectivity index (χ4v) is 14.6. The molecule has 6 heteroatoms. The average Bonchev–Trinajstić information content (AvgIpc) is 3.39. The summed E-state index contributed by atoms with van der Waals surface area (Å²) in [6.45, 7) is 30.3. The van der Waals surface area contributed by atoms with Crippen molar-refractivity contribution in [3.05, 3.63) is 12.2 Å². The molecule has 0 aromatic rings. The van der Waals surface area contributed by atoms with Crippen molar-refractivity contribution in [3.63, 3.8) is 0 Å². The monoisotopic (exact) mass is 637 g/mol. The molecule has 3 heterocycles. The molecule has 2 bridgehead atoms. The summed E-state index contributed by atoms with van der Waals surface area (Å²) in [4.78, 5) is 27.0. The number of rotatable bonds is 6. The molecule has 3 aliphatic heterocycles. The van der Waals surface area contributed by atoms with Gasteiger partial charge in [-0.1, -0.05) is 41.2 Å². The minimum atomic E-state index is -0.130. The number of fused-ring (bicyclic) bond motifs is 10. The maximum Gasteiger partial charge on any atom is 0.302 e. The lowest BCUT2D eigenvalue weighted by atomic mass is 9.32. The second-order valence-electron chi connectivity index (χ2n) is 19.1. The molecule has 0 radical (unpaired) electrons. The van der Waals surface area contributed by atoms with Crippen molar-refractivity contribution < 1.29 is 23.5 Å². The predicted octanol–water partition coefficient (Wildman–Crippen LogP) is 7.26. The lowest BCUT2D eigenvalue weighted by Crippen LogP contribution is -2.68. The zero-order valence-corrected chi connectivity index (χ0v) is 30.4. The van der Waals surface area contributed by atoms with Gasteiger partial charge in [-0.15, -0.1) is 0 Å². The van der Waals surface area contributed by atoms with Crippen molar-refractivity contribution in [2.24, 2.45) is 56.7 Å². The fraction of sp³-hybridized carbons (Fsp3) is 0.900. The first-order valence-electron chi connectivity index (χ1n) is 19.2. The van der Waals surface area contributed by atoms with Gasteiger partial charge in [-0.3, -0.25) is 14.5 Å². The van der Waals surface area contributed by atoms with E-state index in [4.69, 9.17) is 16.1 Å². The van der Waals surface area contributed by atoms with Crippen molar-refractivity contribution in [2.75, 3.05) is 52.4 Å². The molecular weight excluding hydrogens is 572 g/mol. The Hall–Kier alpha value is -1.40. The Bertz CT molecular complexity index is 1240. The van der Waals surface area contributed by atoms with Crippen LogP contribution in [0.1, 0.15) is 113 Å². The van der Waals surface area contributed by atoms with Gasteiger partial charge in [0.05, 0.1) is 26.2 Å². The van der Waals surface area contributed by atoms with Crippen LogP contribution in [0, 0.1) is 56.7 Å². The molecule has 0 aromatic carbocycles. The summed E-state index contributed by atoms with van der Waals surface area (Å²) in [6.07, 6.45) is 12.1. The van der Waals surface area contributed by atoms with Crippen molar-refractivity contribution >= 4 is 11.9 Å². The highest BCUT2D eigenvalue weighted by atomic mass is 16.5. The number of piperazine rings is 3. The maximum absolute atomic E-state index is 12.2. The topological polar surface area (TPSA) is 55.8 Å². The van der Waals surface area contributed by atoms with Gasteiger partial charge in [0.2, 0.25) is 0 Å². The molecule has 46 heavy (non-hydrogen) atoms.